The molecule has 0 aliphatic carbocycles. The van der Waals surface area contributed by atoms with E-state index in [1.54, 1.807) is 0 Å². The van der Waals surface area contributed by atoms with Crippen molar-refractivity contribution in [1.29, 1.82) is 0 Å². The Kier molecular flexibility index (Phi) is 5.85. The summed E-state index contributed by atoms with van der Waals surface area (Å²) in [5.74, 6) is -0.908. The predicted molar refractivity (Wildman–Crippen MR) is 48.8 cm³/mol. The number of esters is 1. The summed E-state index contributed by atoms with van der Waals surface area (Å²) in [4.78, 5) is 10.6. The number of hydrogen-bond acceptors (Lipinski definition) is 5. The molecule has 6 nitrogen and oxygen atoms in total. The predicted octanol–water partition coefficient (Wildman–Crippen LogP) is 0.385. The topological polar surface area (TPSA) is 89.9 Å². The highest BCUT2D eigenvalue weighted by molar-refractivity contribution is 7.86. The van der Waals surface area contributed by atoms with Gasteiger partial charge in [0.1, 0.15) is 6.61 Å². The average molecular weight is 280 g/mol. The Balaban J connectivity index is 4.20. The van der Waals surface area contributed by atoms with Gasteiger partial charge in [0.2, 0.25) is 0 Å². The van der Waals surface area contributed by atoms with Gasteiger partial charge >= 0.3 is 21.3 Å². The molecular formula is C7H11F3O6S. The molecular weight excluding hydrogens is 269 g/mol. The van der Waals surface area contributed by atoms with E-state index < -0.39 is 47.1 Å². The zero-order valence-corrected chi connectivity index (χ0v) is 9.55. The van der Waals surface area contributed by atoms with E-state index in [9.17, 15) is 26.4 Å². The summed E-state index contributed by atoms with van der Waals surface area (Å²) >= 11 is 0. The minimum absolute atomic E-state index is 0.439. The highest BCUT2D eigenvalue weighted by Crippen LogP contribution is 2.29. The van der Waals surface area contributed by atoms with Crippen molar-refractivity contribution < 1.29 is 40.4 Å². The number of ether oxygens (including phenoxy) is 2. The number of hydrogen-bond donors (Lipinski definition) is 1. The standard InChI is InChI=1S/C7H11F3O6S/c1-15-4-6(11)16-3-2-5(8)7(9,10)17(12,13)14/h5H,2-4H2,1H3,(H,12,13,14). The second kappa shape index (κ2) is 6.17. The Morgan fingerprint density at radius 1 is 1.47 bits per heavy atom. The smallest absolute Gasteiger partial charge is 0.400 e. The van der Waals surface area contributed by atoms with E-state index in [0.29, 0.717) is 0 Å². The van der Waals surface area contributed by atoms with E-state index >= 15 is 0 Å². The lowest BCUT2D eigenvalue weighted by Gasteiger charge is -2.17. The van der Waals surface area contributed by atoms with Crippen molar-refractivity contribution in [3.8, 4) is 0 Å². The Bertz CT molecular complexity index is 355. The van der Waals surface area contributed by atoms with E-state index in [1.165, 1.54) is 7.11 Å². The first-order valence-electron chi connectivity index (χ1n) is 4.26. The van der Waals surface area contributed by atoms with Crippen LogP contribution in [-0.4, -0.2) is 50.7 Å². The van der Waals surface area contributed by atoms with E-state index in [1.807, 2.05) is 0 Å². The molecule has 0 aromatic carbocycles. The Morgan fingerprint density at radius 2 is 2.00 bits per heavy atom. The molecule has 1 atom stereocenters. The first-order chi connectivity index (χ1) is 7.63. The fourth-order valence-corrected chi connectivity index (χ4v) is 1.21. The normalized spacial score (nSPS) is 14.4. The van der Waals surface area contributed by atoms with Gasteiger partial charge in [0.05, 0.1) is 6.61 Å². The number of methoxy groups -OCH3 is 1. The quantitative estimate of drug-likeness (QED) is 0.536. The molecule has 0 radical (unpaired) electrons. The molecule has 0 spiro atoms. The SMILES string of the molecule is COCC(=O)OCCC(F)C(F)(F)S(=O)(=O)O. The average Bonchev–Trinajstić information content (AvgIpc) is 2.16. The largest absolute Gasteiger partial charge is 0.464 e. The minimum atomic E-state index is -5.84. The monoisotopic (exact) mass is 280 g/mol. The first-order valence-corrected chi connectivity index (χ1v) is 5.70. The molecule has 1 unspecified atom stereocenters. The number of rotatable bonds is 7. The van der Waals surface area contributed by atoms with Crippen LogP contribution in [0.3, 0.4) is 0 Å². The number of alkyl halides is 3. The van der Waals surface area contributed by atoms with Gasteiger partial charge in [-0.1, -0.05) is 0 Å². The van der Waals surface area contributed by atoms with Crippen LogP contribution < -0.4 is 0 Å². The van der Waals surface area contributed by atoms with E-state index in [2.05, 4.69) is 9.47 Å². The molecule has 102 valence electrons. The van der Waals surface area contributed by atoms with Gasteiger partial charge in [-0.15, -0.1) is 0 Å². The third kappa shape index (κ3) is 4.88. The molecule has 0 heterocycles. The third-order valence-corrected chi connectivity index (χ3v) is 2.55. The number of carbonyl (C=O) groups excluding carboxylic acids is 1. The Hall–Kier alpha value is -0.870. The van der Waals surface area contributed by atoms with Crippen LogP contribution in [0.2, 0.25) is 0 Å². The van der Waals surface area contributed by atoms with Crippen LogP contribution in [0.1, 0.15) is 6.42 Å². The van der Waals surface area contributed by atoms with E-state index in [-0.39, 0.29) is 0 Å². The molecule has 0 saturated carbocycles. The number of halogens is 3. The highest BCUT2D eigenvalue weighted by atomic mass is 32.2. The highest BCUT2D eigenvalue weighted by Gasteiger charge is 2.52. The van der Waals surface area contributed by atoms with Crippen molar-refractivity contribution in [3.05, 3.63) is 0 Å². The molecule has 0 saturated heterocycles. The van der Waals surface area contributed by atoms with E-state index in [0.717, 1.165) is 0 Å². The molecule has 0 bridgehead atoms. The maximum absolute atomic E-state index is 12.8. The molecule has 0 aromatic rings. The van der Waals surface area contributed by atoms with Gasteiger partial charge in [0, 0.05) is 13.5 Å². The van der Waals surface area contributed by atoms with Gasteiger partial charge in [-0.3, -0.25) is 4.55 Å². The van der Waals surface area contributed by atoms with Gasteiger partial charge < -0.3 is 9.47 Å². The van der Waals surface area contributed by atoms with Crippen LogP contribution in [-0.2, 0) is 24.4 Å². The molecule has 0 fully saturated rings. The molecule has 0 aliphatic rings. The number of carbonyl (C=O) groups is 1. The van der Waals surface area contributed by atoms with Crippen molar-refractivity contribution in [3.63, 3.8) is 0 Å². The van der Waals surface area contributed by atoms with Gasteiger partial charge in [-0.2, -0.15) is 17.2 Å². The van der Waals surface area contributed by atoms with Crippen molar-refractivity contribution in [2.75, 3.05) is 20.3 Å². The second-order valence-electron chi connectivity index (χ2n) is 2.95. The second-order valence-corrected chi connectivity index (χ2v) is 4.44. The van der Waals surface area contributed by atoms with Crippen molar-refractivity contribution in [2.45, 2.75) is 17.8 Å². The van der Waals surface area contributed by atoms with Gasteiger partial charge in [-0.05, 0) is 0 Å². The molecule has 1 N–H and O–H groups in total. The molecule has 10 heteroatoms. The lowest BCUT2D eigenvalue weighted by molar-refractivity contribution is -0.149. The van der Waals surface area contributed by atoms with Crippen molar-refractivity contribution in [1.82, 2.24) is 0 Å². The fraction of sp³-hybridized carbons (Fsp3) is 0.857. The third-order valence-electron chi connectivity index (χ3n) is 1.61. The van der Waals surface area contributed by atoms with Crippen LogP contribution in [0.15, 0.2) is 0 Å². The maximum atomic E-state index is 12.8. The van der Waals surface area contributed by atoms with Gasteiger partial charge in [0.25, 0.3) is 0 Å². The zero-order valence-electron chi connectivity index (χ0n) is 8.73. The molecule has 0 aromatic heterocycles. The van der Waals surface area contributed by atoms with Crippen LogP contribution in [0.5, 0.6) is 0 Å². The summed E-state index contributed by atoms with van der Waals surface area (Å²) in [7, 11) is -4.65. The van der Waals surface area contributed by atoms with Gasteiger partial charge in [0.15, 0.2) is 6.17 Å². The Morgan fingerprint density at radius 3 is 2.41 bits per heavy atom. The summed E-state index contributed by atoms with van der Waals surface area (Å²) < 4.78 is 74.9. The first kappa shape index (κ1) is 16.1. The molecule has 0 aliphatic heterocycles. The van der Waals surface area contributed by atoms with Crippen molar-refractivity contribution >= 4 is 16.1 Å². The van der Waals surface area contributed by atoms with Crippen molar-refractivity contribution in [2.24, 2.45) is 0 Å². The minimum Gasteiger partial charge on any atom is -0.464 e. The van der Waals surface area contributed by atoms with Gasteiger partial charge in [-0.25, -0.2) is 9.18 Å². The summed E-state index contributed by atoms with van der Waals surface area (Å²) in [6.07, 6.45) is -4.24. The lowest BCUT2D eigenvalue weighted by Crippen LogP contribution is -2.39. The lowest BCUT2D eigenvalue weighted by atomic mass is 10.3. The fourth-order valence-electron chi connectivity index (χ4n) is 0.765. The molecule has 0 rings (SSSR count). The van der Waals surface area contributed by atoms with Crippen LogP contribution in [0, 0.1) is 0 Å². The van der Waals surface area contributed by atoms with E-state index in [4.69, 9.17) is 4.55 Å². The van der Waals surface area contributed by atoms with Crippen LogP contribution >= 0.6 is 0 Å². The zero-order chi connectivity index (χ0) is 13.7. The summed E-state index contributed by atoms with van der Waals surface area (Å²) in [5, 5.41) is -4.93. The Labute approximate surface area is 95.4 Å². The van der Waals surface area contributed by atoms with Crippen LogP contribution in [0.25, 0.3) is 0 Å². The van der Waals surface area contributed by atoms with Crippen LogP contribution in [0.4, 0.5) is 13.2 Å². The maximum Gasteiger partial charge on any atom is 0.400 e. The summed E-state index contributed by atoms with van der Waals surface area (Å²) in [5.41, 5.74) is 0. The summed E-state index contributed by atoms with van der Waals surface area (Å²) in [6, 6.07) is 0. The molecule has 17 heavy (non-hydrogen) atoms. The molecule has 0 amide bonds. The summed E-state index contributed by atoms with van der Waals surface area (Å²) in [6.45, 7) is -1.19.